The Bertz CT molecular complexity index is 848. The number of nitrogens with zero attached hydrogens (tertiary/aromatic N) is 1. The van der Waals surface area contributed by atoms with E-state index in [0.717, 1.165) is 0 Å². The van der Waals surface area contributed by atoms with Crippen LogP contribution in [0.5, 0.6) is 11.5 Å². The molecule has 1 aromatic carbocycles. The predicted octanol–water partition coefficient (Wildman–Crippen LogP) is 1.31. The molecule has 2 aromatic rings. The molecule has 2 rings (SSSR count). The molecule has 3 amide bonds. The van der Waals surface area contributed by atoms with Crippen molar-refractivity contribution in [3.05, 3.63) is 53.9 Å². The van der Waals surface area contributed by atoms with Gasteiger partial charge in [-0.15, -0.1) is 0 Å². The van der Waals surface area contributed by atoms with E-state index < -0.39 is 23.8 Å². The third-order valence-corrected chi connectivity index (χ3v) is 4.07. The molecule has 9 nitrogen and oxygen atoms in total. The SMILES string of the molecule is COc1cc(OC)cc(C(=O)NC(C(=O)NNC(=O)c2cccnc2)C(C)C)c1. The monoisotopic (exact) mass is 400 g/mol. The molecule has 9 heteroatoms. The van der Waals surface area contributed by atoms with Crippen LogP contribution in [-0.2, 0) is 4.79 Å². The van der Waals surface area contributed by atoms with Gasteiger partial charge in [-0.1, -0.05) is 13.8 Å². The predicted molar refractivity (Wildman–Crippen MR) is 105 cm³/mol. The summed E-state index contributed by atoms with van der Waals surface area (Å²) in [5, 5.41) is 2.67. The van der Waals surface area contributed by atoms with Crippen LogP contribution in [-0.4, -0.2) is 43.0 Å². The van der Waals surface area contributed by atoms with E-state index in [4.69, 9.17) is 9.47 Å². The maximum absolute atomic E-state index is 12.7. The Kier molecular flexibility index (Phi) is 7.53. The zero-order valence-electron chi connectivity index (χ0n) is 16.7. The van der Waals surface area contributed by atoms with Gasteiger partial charge in [-0.2, -0.15) is 0 Å². The average Bonchev–Trinajstić information content (AvgIpc) is 2.75. The van der Waals surface area contributed by atoms with Crippen molar-refractivity contribution < 1.29 is 23.9 Å². The second-order valence-electron chi connectivity index (χ2n) is 6.48. The van der Waals surface area contributed by atoms with E-state index in [0.29, 0.717) is 17.1 Å². The summed E-state index contributed by atoms with van der Waals surface area (Å²) in [5.74, 6) is -0.887. The number of hydrogen-bond acceptors (Lipinski definition) is 6. The van der Waals surface area contributed by atoms with Gasteiger partial charge in [-0.05, 0) is 30.2 Å². The molecule has 0 fully saturated rings. The van der Waals surface area contributed by atoms with Crippen LogP contribution in [0.3, 0.4) is 0 Å². The van der Waals surface area contributed by atoms with E-state index in [1.807, 2.05) is 0 Å². The number of carbonyl (C=O) groups is 3. The second-order valence-corrected chi connectivity index (χ2v) is 6.48. The van der Waals surface area contributed by atoms with Crippen LogP contribution in [0.25, 0.3) is 0 Å². The van der Waals surface area contributed by atoms with Gasteiger partial charge in [0.25, 0.3) is 17.7 Å². The number of rotatable bonds is 7. The van der Waals surface area contributed by atoms with Crippen molar-refractivity contribution in [2.45, 2.75) is 19.9 Å². The van der Waals surface area contributed by atoms with Gasteiger partial charge in [-0.25, -0.2) is 0 Å². The molecule has 0 saturated carbocycles. The van der Waals surface area contributed by atoms with Gasteiger partial charge >= 0.3 is 0 Å². The molecular formula is C20H24N4O5. The number of aromatic nitrogens is 1. The largest absolute Gasteiger partial charge is 0.497 e. The molecular weight excluding hydrogens is 376 g/mol. The van der Waals surface area contributed by atoms with E-state index in [1.165, 1.54) is 38.7 Å². The van der Waals surface area contributed by atoms with Gasteiger partial charge in [0.05, 0.1) is 19.8 Å². The summed E-state index contributed by atoms with van der Waals surface area (Å²) in [7, 11) is 2.96. The molecule has 1 atom stereocenters. The Morgan fingerprint density at radius 1 is 0.931 bits per heavy atom. The van der Waals surface area contributed by atoms with Crippen LogP contribution in [0.15, 0.2) is 42.7 Å². The van der Waals surface area contributed by atoms with Crippen molar-refractivity contribution in [3.8, 4) is 11.5 Å². The Morgan fingerprint density at radius 3 is 2.10 bits per heavy atom. The number of hydrazine groups is 1. The molecule has 154 valence electrons. The quantitative estimate of drug-likeness (QED) is 0.603. The van der Waals surface area contributed by atoms with Gasteiger partial charge in [-0.3, -0.25) is 30.2 Å². The lowest BCUT2D eigenvalue weighted by Crippen LogP contribution is -2.54. The Labute approximate surface area is 168 Å². The van der Waals surface area contributed by atoms with Crippen LogP contribution < -0.4 is 25.6 Å². The zero-order chi connectivity index (χ0) is 21.4. The van der Waals surface area contributed by atoms with Gasteiger partial charge in [0.1, 0.15) is 17.5 Å². The molecule has 0 spiro atoms. The molecule has 3 N–H and O–H groups in total. The summed E-state index contributed by atoms with van der Waals surface area (Å²) in [6.45, 7) is 3.55. The van der Waals surface area contributed by atoms with E-state index >= 15 is 0 Å². The fourth-order valence-electron chi connectivity index (χ4n) is 2.46. The van der Waals surface area contributed by atoms with Crippen molar-refractivity contribution in [1.29, 1.82) is 0 Å². The van der Waals surface area contributed by atoms with E-state index in [2.05, 4.69) is 21.2 Å². The molecule has 0 radical (unpaired) electrons. The number of methoxy groups -OCH3 is 2. The third-order valence-electron chi connectivity index (χ3n) is 4.07. The number of pyridine rings is 1. The molecule has 0 aliphatic heterocycles. The van der Waals surface area contributed by atoms with Crippen LogP contribution in [0.1, 0.15) is 34.6 Å². The minimum Gasteiger partial charge on any atom is -0.497 e. The minimum atomic E-state index is -0.881. The highest BCUT2D eigenvalue weighted by Crippen LogP contribution is 2.22. The first-order chi connectivity index (χ1) is 13.8. The summed E-state index contributed by atoms with van der Waals surface area (Å²) in [6.07, 6.45) is 2.91. The summed E-state index contributed by atoms with van der Waals surface area (Å²) < 4.78 is 10.3. The Hall–Kier alpha value is -3.62. The van der Waals surface area contributed by atoms with Crippen molar-refractivity contribution in [3.63, 3.8) is 0 Å². The molecule has 1 heterocycles. The number of carbonyl (C=O) groups excluding carboxylic acids is 3. The molecule has 29 heavy (non-hydrogen) atoms. The van der Waals surface area contributed by atoms with Crippen molar-refractivity contribution >= 4 is 17.7 Å². The second kappa shape index (κ2) is 10.1. The van der Waals surface area contributed by atoms with Crippen LogP contribution in [0.2, 0.25) is 0 Å². The normalized spacial score (nSPS) is 11.3. The minimum absolute atomic E-state index is 0.234. The standard InChI is InChI=1S/C20H24N4O5/c1-12(2)17(20(27)24-23-19(26)13-6-5-7-21-11-13)22-18(25)14-8-15(28-3)10-16(9-14)29-4/h5-12,17H,1-4H3,(H,22,25)(H,23,26)(H,24,27). The molecule has 1 unspecified atom stereocenters. The molecule has 1 aromatic heterocycles. The number of amides is 3. The highest BCUT2D eigenvalue weighted by atomic mass is 16.5. The smallest absolute Gasteiger partial charge is 0.271 e. The zero-order valence-corrected chi connectivity index (χ0v) is 16.7. The van der Waals surface area contributed by atoms with Gasteiger partial charge in [0.15, 0.2) is 0 Å². The lowest BCUT2D eigenvalue weighted by Gasteiger charge is -2.22. The topological polar surface area (TPSA) is 119 Å². The first kappa shape index (κ1) is 21.7. The van der Waals surface area contributed by atoms with E-state index in [1.54, 1.807) is 32.0 Å². The number of hydrogen-bond donors (Lipinski definition) is 3. The Morgan fingerprint density at radius 2 is 1.59 bits per heavy atom. The molecule has 0 saturated heterocycles. The van der Waals surface area contributed by atoms with Gasteiger partial charge < -0.3 is 14.8 Å². The summed E-state index contributed by atoms with van der Waals surface area (Å²) in [6, 6.07) is 7.00. The highest BCUT2D eigenvalue weighted by Gasteiger charge is 2.25. The van der Waals surface area contributed by atoms with Gasteiger partial charge in [0.2, 0.25) is 0 Å². The third kappa shape index (κ3) is 5.93. The number of ether oxygens (including phenoxy) is 2. The number of benzene rings is 1. The van der Waals surface area contributed by atoms with Crippen LogP contribution in [0, 0.1) is 5.92 Å². The van der Waals surface area contributed by atoms with Crippen LogP contribution >= 0.6 is 0 Å². The lowest BCUT2D eigenvalue weighted by molar-refractivity contribution is -0.124. The summed E-state index contributed by atoms with van der Waals surface area (Å²) in [4.78, 5) is 41.1. The van der Waals surface area contributed by atoms with Crippen LogP contribution in [0.4, 0.5) is 0 Å². The maximum atomic E-state index is 12.7. The Balaban J connectivity index is 2.06. The highest BCUT2D eigenvalue weighted by molar-refractivity contribution is 5.99. The molecule has 0 aliphatic rings. The fourth-order valence-corrected chi connectivity index (χ4v) is 2.46. The first-order valence-corrected chi connectivity index (χ1v) is 8.89. The lowest BCUT2D eigenvalue weighted by atomic mass is 10.0. The van der Waals surface area contributed by atoms with E-state index in [-0.39, 0.29) is 11.5 Å². The first-order valence-electron chi connectivity index (χ1n) is 8.89. The number of nitrogens with one attached hydrogen (secondary N) is 3. The molecule has 0 aliphatic carbocycles. The molecule has 0 bridgehead atoms. The van der Waals surface area contributed by atoms with Crippen molar-refractivity contribution in [2.24, 2.45) is 5.92 Å². The van der Waals surface area contributed by atoms with E-state index in [9.17, 15) is 14.4 Å². The van der Waals surface area contributed by atoms with Gasteiger partial charge in [0, 0.05) is 24.0 Å². The fraction of sp³-hybridized carbons (Fsp3) is 0.300. The summed E-state index contributed by atoms with van der Waals surface area (Å²) >= 11 is 0. The summed E-state index contributed by atoms with van der Waals surface area (Å²) in [5.41, 5.74) is 5.22. The van der Waals surface area contributed by atoms with Crippen molar-refractivity contribution in [2.75, 3.05) is 14.2 Å². The maximum Gasteiger partial charge on any atom is 0.271 e. The van der Waals surface area contributed by atoms with Crippen molar-refractivity contribution in [1.82, 2.24) is 21.2 Å². The average molecular weight is 400 g/mol.